The van der Waals surface area contributed by atoms with Crippen molar-refractivity contribution in [3.8, 4) is 0 Å². The highest BCUT2D eigenvalue weighted by molar-refractivity contribution is 5.85. The second kappa shape index (κ2) is 7.80. The summed E-state index contributed by atoms with van der Waals surface area (Å²) in [5.41, 5.74) is 0.215. The lowest BCUT2D eigenvalue weighted by Gasteiger charge is -2.38. The summed E-state index contributed by atoms with van der Waals surface area (Å²) in [6, 6.07) is 0.695. The van der Waals surface area contributed by atoms with Gasteiger partial charge in [-0.2, -0.15) is 0 Å². The van der Waals surface area contributed by atoms with E-state index in [-0.39, 0.29) is 17.8 Å². The summed E-state index contributed by atoms with van der Waals surface area (Å²) in [5, 5.41) is 3.42. The van der Waals surface area contributed by atoms with E-state index in [1.54, 1.807) is 0 Å². The molecule has 1 N–H and O–H groups in total. The number of amides is 1. The van der Waals surface area contributed by atoms with Gasteiger partial charge in [0.05, 0.1) is 0 Å². The maximum atomic E-state index is 12.4. The molecule has 2 fully saturated rings. The molecule has 2 unspecified atom stereocenters. The van der Waals surface area contributed by atoms with Gasteiger partial charge in [0.2, 0.25) is 5.91 Å². The molecule has 2 aliphatic rings. The fourth-order valence-electron chi connectivity index (χ4n) is 2.98. The molecule has 0 spiro atoms. The van der Waals surface area contributed by atoms with E-state index in [0.29, 0.717) is 24.3 Å². The van der Waals surface area contributed by atoms with Gasteiger partial charge in [0.15, 0.2) is 0 Å². The minimum atomic E-state index is 0. The molecule has 5 heteroatoms. The molecule has 0 aromatic carbocycles. The molecule has 124 valence electrons. The van der Waals surface area contributed by atoms with Gasteiger partial charge in [-0.05, 0) is 24.3 Å². The Hall–Kier alpha value is -0.320. The highest BCUT2D eigenvalue weighted by Crippen LogP contribution is 2.28. The number of nitrogens with zero attached hydrogens (tertiary/aromatic N) is 2. The Labute approximate surface area is 136 Å². The van der Waals surface area contributed by atoms with Gasteiger partial charge >= 0.3 is 0 Å². The monoisotopic (exact) mass is 317 g/mol. The van der Waals surface area contributed by atoms with Gasteiger partial charge in [0.1, 0.15) is 0 Å². The summed E-state index contributed by atoms with van der Waals surface area (Å²) in [7, 11) is 0. The number of hydrogen-bond acceptors (Lipinski definition) is 3. The molecule has 0 saturated carbocycles. The first-order valence-corrected chi connectivity index (χ1v) is 8.10. The lowest BCUT2D eigenvalue weighted by atomic mass is 9.80. The predicted octanol–water partition coefficient (Wildman–Crippen LogP) is 1.99. The fraction of sp³-hybridized carbons (Fsp3) is 0.938. The zero-order valence-corrected chi connectivity index (χ0v) is 14.8. The first kappa shape index (κ1) is 18.7. The molecular weight excluding hydrogens is 286 g/mol. The molecule has 0 aromatic rings. The van der Waals surface area contributed by atoms with Crippen molar-refractivity contribution in [2.24, 2.45) is 11.3 Å². The Kier molecular flexibility index (Phi) is 6.95. The maximum absolute atomic E-state index is 12.4. The van der Waals surface area contributed by atoms with Crippen LogP contribution >= 0.6 is 12.4 Å². The Morgan fingerprint density at radius 3 is 2.33 bits per heavy atom. The molecule has 1 amide bonds. The first-order valence-electron chi connectivity index (χ1n) is 8.10. The molecule has 0 aliphatic carbocycles. The van der Waals surface area contributed by atoms with Gasteiger partial charge in [-0.1, -0.05) is 27.7 Å². The van der Waals surface area contributed by atoms with Gasteiger partial charge in [-0.3, -0.25) is 9.69 Å². The Bertz CT molecular complexity index is 329. The van der Waals surface area contributed by atoms with Crippen molar-refractivity contribution >= 4 is 18.3 Å². The molecule has 0 aromatic heterocycles. The van der Waals surface area contributed by atoms with Crippen LogP contribution in [0.25, 0.3) is 0 Å². The van der Waals surface area contributed by atoms with E-state index in [9.17, 15) is 4.79 Å². The van der Waals surface area contributed by atoms with Crippen LogP contribution in [-0.4, -0.2) is 61.0 Å². The van der Waals surface area contributed by atoms with Gasteiger partial charge < -0.3 is 10.2 Å². The molecule has 2 aliphatic heterocycles. The third-order valence-corrected chi connectivity index (χ3v) is 5.18. The molecule has 0 bridgehead atoms. The van der Waals surface area contributed by atoms with E-state index in [4.69, 9.17) is 0 Å². The van der Waals surface area contributed by atoms with Crippen LogP contribution in [0.4, 0.5) is 0 Å². The second-order valence-corrected chi connectivity index (χ2v) is 7.53. The third kappa shape index (κ3) is 5.11. The average Bonchev–Trinajstić information content (AvgIpc) is 2.91. The molecule has 0 radical (unpaired) electrons. The van der Waals surface area contributed by atoms with E-state index >= 15 is 0 Å². The van der Waals surface area contributed by atoms with E-state index in [1.165, 1.54) is 6.42 Å². The number of carbonyl (C=O) groups is 1. The van der Waals surface area contributed by atoms with Gasteiger partial charge in [0, 0.05) is 45.2 Å². The van der Waals surface area contributed by atoms with E-state index in [1.807, 2.05) is 0 Å². The fourth-order valence-corrected chi connectivity index (χ4v) is 2.98. The molecule has 2 atom stereocenters. The normalized spacial score (nSPS) is 25.5. The summed E-state index contributed by atoms with van der Waals surface area (Å²) in [6.07, 6.45) is 1.95. The topological polar surface area (TPSA) is 35.6 Å². The van der Waals surface area contributed by atoms with E-state index in [0.717, 1.165) is 39.3 Å². The smallest absolute Gasteiger partial charge is 0.222 e. The van der Waals surface area contributed by atoms with Crippen LogP contribution in [0.15, 0.2) is 0 Å². The average molecular weight is 318 g/mol. The van der Waals surface area contributed by atoms with Crippen LogP contribution < -0.4 is 5.32 Å². The summed E-state index contributed by atoms with van der Waals surface area (Å²) in [5.74, 6) is 0.781. The van der Waals surface area contributed by atoms with Crippen LogP contribution in [0.2, 0.25) is 0 Å². The van der Waals surface area contributed by atoms with E-state index in [2.05, 4.69) is 42.8 Å². The Morgan fingerprint density at radius 2 is 1.86 bits per heavy atom. The molecular formula is C16H32ClN3O. The second-order valence-electron chi connectivity index (χ2n) is 7.53. The number of piperazine rings is 1. The quantitative estimate of drug-likeness (QED) is 0.864. The van der Waals surface area contributed by atoms with Crippen LogP contribution in [-0.2, 0) is 4.79 Å². The number of hydrogen-bond donors (Lipinski definition) is 1. The molecule has 4 nitrogen and oxygen atoms in total. The van der Waals surface area contributed by atoms with Crippen molar-refractivity contribution in [2.45, 2.75) is 46.6 Å². The van der Waals surface area contributed by atoms with Crippen LogP contribution in [0, 0.1) is 11.3 Å². The largest absolute Gasteiger partial charge is 0.340 e. The van der Waals surface area contributed by atoms with Crippen LogP contribution in [0.3, 0.4) is 0 Å². The van der Waals surface area contributed by atoms with Crippen LogP contribution in [0.5, 0.6) is 0 Å². The highest BCUT2D eigenvalue weighted by atomic mass is 35.5. The van der Waals surface area contributed by atoms with Crippen molar-refractivity contribution in [3.05, 3.63) is 0 Å². The summed E-state index contributed by atoms with van der Waals surface area (Å²) >= 11 is 0. The molecule has 2 saturated heterocycles. The lowest BCUT2D eigenvalue weighted by Crippen LogP contribution is -2.52. The minimum Gasteiger partial charge on any atom is -0.340 e. The van der Waals surface area contributed by atoms with Crippen molar-refractivity contribution in [2.75, 3.05) is 39.3 Å². The van der Waals surface area contributed by atoms with E-state index < -0.39 is 0 Å². The number of rotatable bonds is 3. The standard InChI is InChI=1S/C16H31N3O.ClH/c1-13(16(2,3)4)11-15(20)19-9-7-18(8-10-19)14-5-6-17-12-14;/h13-14,17H,5-12H2,1-4H3;1H. The van der Waals surface area contributed by atoms with Crippen LogP contribution in [0.1, 0.15) is 40.5 Å². The highest BCUT2D eigenvalue weighted by Gasteiger charge is 2.29. The molecule has 2 heterocycles. The summed E-state index contributed by atoms with van der Waals surface area (Å²) < 4.78 is 0. The van der Waals surface area contributed by atoms with Crippen molar-refractivity contribution < 1.29 is 4.79 Å². The zero-order valence-electron chi connectivity index (χ0n) is 14.0. The van der Waals surface area contributed by atoms with Crippen molar-refractivity contribution in [1.82, 2.24) is 15.1 Å². The van der Waals surface area contributed by atoms with Gasteiger partial charge in [0.25, 0.3) is 0 Å². The van der Waals surface area contributed by atoms with Crippen molar-refractivity contribution in [1.29, 1.82) is 0 Å². The number of nitrogens with one attached hydrogen (secondary N) is 1. The predicted molar refractivity (Wildman–Crippen MR) is 89.9 cm³/mol. The Morgan fingerprint density at radius 1 is 1.24 bits per heavy atom. The number of carbonyl (C=O) groups excluding carboxylic acids is 1. The van der Waals surface area contributed by atoms with Gasteiger partial charge in [-0.25, -0.2) is 0 Å². The Balaban J connectivity index is 0.00000220. The lowest BCUT2D eigenvalue weighted by molar-refractivity contribution is -0.135. The SMILES string of the molecule is CC(CC(=O)N1CCN(C2CCNC2)CC1)C(C)(C)C.Cl. The third-order valence-electron chi connectivity index (χ3n) is 5.18. The maximum Gasteiger partial charge on any atom is 0.222 e. The summed E-state index contributed by atoms with van der Waals surface area (Å²) in [6.45, 7) is 15.0. The summed E-state index contributed by atoms with van der Waals surface area (Å²) in [4.78, 5) is 17.0. The van der Waals surface area contributed by atoms with Crippen molar-refractivity contribution in [3.63, 3.8) is 0 Å². The molecule has 21 heavy (non-hydrogen) atoms. The number of halogens is 1. The zero-order chi connectivity index (χ0) is 14.8. The minimum absolute atomic E-state index is 0. The molecule has 2 rings (SSSR count). The first-order chi connectivity index (χ1) is 9.38. The van der Waals surface area contributed by atoms with Gasteiger partial charge in [-0.15, -0.1) is 12.4 Å².